The van der Waals surface area contributed by atoms with Crippen molar-refractivity contribution in [3.63, 3.8) is 0 Å². The molecule has 0 radical (unpaired) electrons. The summed E-state index contributed by atoms with van der Waals surface area (Å²) in [6, 6.07) is 63.2. The number of hydrogen-bond acceptors (Lipinski definition) is 8. The van der Waals surface area contributed by atoms with Crippen molar-refractivity contribution in [1.82, 2.24) is 29.1 Å². The molecule has 0 bridgehead atoms. The Labute approximate surface area is 478 Å². The van der Waals surface area contributed by atoms with Crippen LogP contribution in [0.4, 0.5) is 0 Å². The SMILES string of the molecule is C.C.CC1(C)c2cc(-c3cccc4c3sc3ccccc34)ccc2-n2c(-c3ccncc3)nc3cccc1c32.CC1(C)c2cc(Cl)ccc2-n2c(-c3ccncc3)nc3cccc1c32.OB(O)c1cccc2c1sc1ccccc12. The maximum absolute atomic E-state index is 9.31. The number of para-hydroxylation sites is 2. The molecule has 8 heterocycles. The molecular formula is C68H56BClN6O2S2. The van der Waals surface area contributed by atoms with E-state index in [0.29, 0.717) is 5.46 Å². The lowest BCUT2D eigenvalue weighted by molar-refractivity contribution is 0.426. The average molecular weight is 1100 g/mol. The van der Waals surface area contributed by atoms with Crippen LogP contribution in [0.5, 0.6) is 0 Å². The molecule has 0 aliphatic carbocycles. The van der Waals surface area contributed by atoms with Gasteiger partial charge in [-0.15, -0.1) is 22.7 Å². The first-order chi connectivity index (χ1) is 38.0. The molecule has 80 heavy (non-hydrogen) atoms. The third-order valence-corrected chi connectivity index (χ3v) is 18.5. The van der Waals surface area contributed by atoms with E-state index in [-0.39, 0.29) is 25.7 Å². The molecule has 0 saturated carbocycles. The summed E-state index contributed by atoms with van der Waals surface area (Å²) in [6.07, 6.45) is 7.29. The van der Waals surface area contributed by atoms with E-state index in [9.17, 15) is 10.0 Å². The second-order valence-corrected chi connectivity index (χ2v) is 23.5. The molecule has 2 N–H and O–H groups in total. The van der Waals surface area contributed by atoms with Crippen LogP contribution in [0.25, 0.3) is 108 Å². The Balaban J connectivity index is 0.000000128. The first-order valence-corrected chi connectivity index (χ1v) is 27.9. The highest BCUT2D eigenvalue weighted by molar-refractivity contribution is 7.27. The molecule has 8 aromatic carbocycles. The van der Waals surface area contributed by atoms with Crippen LogP contribution in [-0.4, -0.2) is 46.2 Å². The van der Waals surface area contributed by atoms with Gasteiger partial charge in [0.25, 0.3) is 0 Å². The lowest BCUT2D eigenvalue weighted by Gasteiger charge is -2.35. The zero-order chi connectivity index (χ0) is 53.0. The second kappa shape index (κ2) is 20.1. The topological polar surface area (TPSA) is 102 Å². The molecule has 0 unspecified atom stereocenters. The molecule has 6 aromatic heterocycles. The van der Waals surface area contributed by atoms with E-state index in [1.807, 2.05) is 84.4 Å². The Hall–Kier alpha value is -8.29. The molecule has 0 atom stereocenters. The summed E-state index contributed by atoms with van der Waals surface area (Å²) in [6.45, 7) is 9.18. The molecule has 16 rings (SSSR count). The number of aromatic nitrogens is 6. The summed E-state index contributed by atoms with van der Waals surface area (Å²) in [5, 5.41) is 24.3. The monoisotopic (exact) mass is 1100 g/mol. The number of imidazole rings is 2. The van der Waals surface area contributed by atoms with E-state index in [1.165, 1.54) is 80.4 Å². The second-order valence-electron chi connectivity index (χ2n) is 21.0. The normalized spacial score (nSPS) is 13.2. The highest BCUT2D eigenvalue weighted by Crippen LogP contribution is 2.50. The van der Waals surface area contributed by atoms with Gasteiger partial charge in [0.2, 0.25) is 0 Å². The van der Waals surface area contributed by atoms with Gasteiger partial charge in [0.1, 0.15) is 11.6 Å². The first kappa shape index (κ1) is 52.4. The predicted octanol–water partition coefficient (Wildman–Crippen LogP) is 17.1. The van der Waals surface area contributed by atoms with Gasteiger partial charge in [-0.2, -0.15) is 0 Å². The number of benzene rings is 8. The van der Waals surface area contributed by atoms with Crippen LogP contribution in [-0.2, 0) is 10.8 Å². The molecule has 0 amide bonds. The van der Waals surface area contributed by atoms with Gasteiger partial charge >= 0.3 is 7.12 Å². The van der Waals surface area contributed by atoms with E-state index in [4.69, 9.17) is 21.6 Å². The molecule has 2 aliphatic heterocycles. The number of fused-ring (bicyclic) bond motifs is 10. The van der Waals surface area contributed by atoms with Gasteiger partial charge in [-0.25, -0.2) is 9.97 Å². The van der Waals surface area contributed by atoms with Gasteiger partial charge in [0, 0.05) is 86.7 Å². The summed E-state index contributed by atoms with van der Waals surface area (Å²) in [5.41, 5.74) is 16.8. The van der Waals surface area contributed by atoms with E-state index in [2.05, 4.69) is 162 Å². The Morgan fingerprint density at radius 2 is 0.912 bits per heavy atom. The minimum atomic E-state index is -1.41. The number of hydrogen-bond donors (Lipinski definition) is 2. The fraction of sp³-hybridized carbons (Fsp3) is 0.118. The number of nitrogens with zero attached hydrogens (tertiary/aromatic N) is 6. The summed E-state index contributed by atoms with van der Waals surface area (Å²) >= 11 is 9.81. The lowest BCUT2D eigenvalue weighted by atomic mass is 9.74. The maximum Gasteiger partial charge on any atom is 0.489 e. The number of rotatable bonds is 4. The zero-order valence-corrected chi connectivity index (χ0v) is 45.4. The first-order valence-electron chi connectivity index (χ1n) is 25.9. The molecule has 0 saturated heterocycles. The van der Waals surface area contributed by atoms with Crippen molar-refractivity contribution in [1.29, 1.82) is 0 Å². The lowest BCUT2D eigenvalue weighted by Crippen LogP contribution is -2.29. The minimum Gasteiger partial charge on any atom is -0.423 e. The van der Waals surface area contributed by atoms with Crippen molar-refractivity contribution in [3.8, 4) is 45.3 Å². The zero-order valence-electron chi connectivity index (χ0n) is 43.0. The molecule has 0 fully saturated rings. The number of thiophene rings is 2. The molecule has 8 nitrogen and oxygen atoms in total. The average Bonchev–Trinajstić information content (AvgIpc) is 4.28. The minimum absolute atomic E-state index is 0. The Kier molecular flexibility index (Phi) is 13.2. The van der Waals surface area contributed by atoms with Crippen LogP contribution in [0, 0.1) is 0 Å². The Morgan fingerprint density at radius 3 is 1.46 bits per heavy atom. The molecule has 12 heteroatoms. The van der Waals surface area contributed by atoms with Crippen molar-refractivity contribution < 1.29 is 10.0 Å². The van der Waals surface area contributed by atoms with E-state index < -0.39 is 7.12 Å². The van der Waals surface area contributed by atoms with Gasteiger partial charge in [-0.05, 0) is 123 Å². The van der Waals surface area contributed by atoms with Crippen LogP contribution in [0.1, 0.15) is 64.8 Å². The quantitative estimate of drug-likeness (QED) is 0.170. The van der Waals surface area contributed by atoms with Crippen LogP contribution in [0.2, 0.25) is 5.02 Å². The third kappa shape index (κ3) is 8.25. The summed E-state index contributed by atoms with van der Waals surface area (Å²) < 4.78 is 9.42. The number of pyridine rings is 2. The van der Waals surface area contributed by atoms with Crippen LogP contribution >= 0.6 is 34.3 Å². The van der Waals surface area contributed by atoms with Gasteiger partial charge in [0.05, 0.1) is 33.4 Å². The third-order valence-electron chi connectivity index (χ3n) is 15.8. The van der Waals surface area contributed by atoms with Crippen LogP contribution < -0.4 is 5.46 Å². The predicted molar refractivity (Wildman–Crippen MR) is 339 cm³/mol. The van der Waals surface area contributed by atoms with Crippen LogP contribution in [0.15, 0.2) is 207 Å². The van der Waals surface area contributed by atoms with Crippen molar-refractivity contribution in [2.24, 2.45) is 0 Å². The molecule has 2 aliphatic rings. The van der Waals surface area contributed by atoms with Crippen molar-refractivity contribution in [3.05, 3.63) is 234 Å². The molecule has 0 spiro atoms. The largest absolute Gasteiger partial charge is 0.489 e. The van der Waals surface area contributed by atoms with Crippen molar-refractivity contribution >= 4 is 109 Å². The van der Waals surface area contributed by atoms with Gasteiger partial charge in [-0.1, -0.05) is 157 Å². The number of halogens is 1. The molecule has 392 valence electrons. The van der Waals surface area contributed by atoms with Gasteiger partial charge in [0.15, 0.2) is 0 Å². The van der Waals surface area contributed by atoms with Crippen LogP contribution in [0.3, 0.4) is 0 Å². The highest BCUT2D eigenvalue weighted by atomic mass is 35.5. The fourth-order valence-electron chi connectivity index (χ4n) is 12.0. The van der Waals surface area contributed by atoms with E-state index in [1.54, 1.807) is 29.8 Å². The standard InChI is InChI=1S/C33H23N3S.C21H16ClN3.C12H9BO2S.2CH4/c1-33(2)25-10-6-11-27-30(25)36(32(35-27)20-15-17-34-18-16-20)28-14-13-21(19-26(28)33)22-8-5-9-24-23-7-3-4-12-29(23)37-31(22)24;1-21(2)15-4-3-5-17-19(15)25(18-7-6-14(22)12-16(18)21)20(24-17)13-8-10-23-11-9-13;14-13(15)10-6-3-5-9-8-4-1-2-7-11(8)16-12(9)10;;/h3-19H,1-2H3;3-12H,1-2H3;1-7,14-15H;2*1H4. The van der Waals surface area contributed by atoms with Crippen molar-refractivity contribution in [2.45, 2.75) is 53.4 Å². The molecular weight excluding hydrogens is 1040 g/mol. The molecule has 14 aromatic rings. The summed E-state index contributed by atoms with van der Waals surface area (Å²) in [7, 11) is -1.41. The van der Waals surface area contributed by atoms with E-state index >= 15 is 0 Å². The smallest absolute Gasteiger partial charge is 0.423 e. The summed E-state index contributed by atoms with van der Waals surface area (Å²) in [4.78, 5) is 18.4. The fourth-order valence-corrected chi connectivity index (χ4v) is 14.6. The summed E-state index contributed by atoms with van der Waals surface area (Å²) in [5.74, 6) is 1.89. The highest BCUT2D eigenvalue weighted by Gasteiger charge is 2.38. The maximum atomic E-state index is 9.31. The Bertz CT molecular complexity index is 4700. The van der Waals surface area contributed by atoms with E-state index in [0.717, 1.165) is 54.6 Å². The van der Waals surface area contributed by atoms with Gasteiger partial charge < -0.3 is 10.0 Å². The van der Waals surface area contributed by atoms with Gasteiger partial charge in [-0.3, -0.25) is 19.1 Å². The van der Waals surface area contributed by atoms with Crippen molar-refractivity contribution in [2.75, 3.05) is 0 Å². The Morgan fingerprint density at radius 1 is 0.450 bits per heavy atom.